The van der Waals surface area contributed by atoms with Crippen LogP contribution in [0.5, 0.6) is 0 Å². The first kappa shape index (κ1) is 19.5. The first-order valence-corrected chi connectivity index (χ1v) is 10.6. The van der Waals surface area contributed by atoms with E-state index in [0.717, 1.165) is 16.7 Å². The molecule has 0 saturated heterocycles. The summed E-state index contributed by atoms with van der Waals surface area (Å²) in [6.07, 6.45) is 0.248. The summed E-state index contributed by atoms with van der Waals surface area (Å²) in [7, 11) is 0. The van der Waals surface area contributed by atoms with Crippen LogP contribution < -0.4 is 10.9 Å². The van der Waals surface area contributed by atoms with E-state index in [1.807, 2.05) is 38.1 Å². The number of anilines is 1. The smallest absolute Gasteiger partial charge is 0.257 e. The van der Waals surface area contributed by atoms with Crippen LogP contribution in [-0.4, -0.2) is 15.9 Å². The standard InChI is InChI=1S/C23H23N3O2S/c1-13-8-9-15(3)17(10-13)18-11-19(27)24-21-20(18)22(28)26-23(25-21)29-12-16-7-5-4-6-14(16)2/h4-10,18H,11-12H2,1-3H3,(H2,24,25,26,27,28)/t18-/m0/s1. The SMILES string of the molecule is Cc1ccc(C)c([C@@H]2CC(=O)Nc3nc(SCc4ccccc4C)[nH]c(=O)c32)c1. The Morgan fingerprint density at radius 1 is 1.07 bits per heavy atom. The van der Waals surface area contributed by atoms with Crippen LogP contribution in [0.3, 0.4) is 0 Å². The van der Waals surface area contributed by atoms with Crippen molar-refractivity contribution in [2.45, 2.75) is 44.0 Å². The molecule has 29 heavy (non-hydrogen) atoms. The number of hydrogen-bond donors (Lipinski definition) is 2. The molecule has 1 aliphatic rings. The number of aromatic nitrogens is 2. The molecule has 0 fully saturated rings. The average molecular weight is 406 g/mol. The lowest BCUT2D eigenvalue weighted by Gasteiger charge is -2.26. The van der Waals surface area contributed by atoms with Gasteiger partial charge in [0.25, 0.3) is 5.56 Å². The van der Waals surface area contributed by atoms with Crippen LogP contribution >= 0.6 is 11.8 Å². The lowest BCUT2D eigenvalue weighted by molar-refractivity contribution is -0.116. The lowest BCUT2D eigenvalue weighted by atomic mass is 9.84. The van der Waals surface area contributed by atoms with E-state index in [2.05, 4.69) is 40.4 Å². The summed E-state index contributed by atoms with van der Waals surface area (Å²) in [4.78, 5) is 32.9. The van der Waals surface area contributed by atoms with Gasteiger partial charge in [-0.3, -0.25) is 9.59 Å². The lowest BCUT2D eigenvalue weighted by Crippen LogP contribution is -2.31. The Hall–Kier alpha value is -2.86. The Kier molecular flexibility index (Phi) is 5.28. The van der Waals surface area contributed by atoms with Gasteiger partial charge >= 0.3 is 0 Å². The molecule has 148 valence electrons. The van der Waals surface area contributed by atoms with E-state index in [4.69, 9.17) is 0 Å². The summed E-state index contributed by atoms with van der Waals surface area (Å²) >= 11 is 1.46. The number of rotatable bonds is 4. The number of nitrogens with one attached hydrogen (secondary N) is 2. The van der Waals surface area contributed by atoms with Crippen molar-refractivity contribution >= 4 is 23.5 Å². The van der Waals surface area contributed by atoms with Crippen molar-refractivity contribution in [2.75, 3.05) is 5.32 Å². The van der Waals surface area contributed by atoms with Gasteiger partial charge in [-0.25, -0.2) is 4.98 Å². The topological polar surface area (TPSA) is 74.8 Å². The fourth-order valence-electron chi connectivity index (χ4n) is 3.74. The molecule has 0 radical (unpaired) electrons. The largest absolute Gasteiger partial charge is 0.310 e. The fraction of sp³-hybridized carbons (Fsp3) is 0.261. The van der Waals surface area contributed by atoms with Gasteiger partial charge in [0.15, 0.2) is 5.16 Å². The highest BCUT2D eigenvalue weighted by molar-refractivity contribution is 7.98. The van der Waals surface area contributed by atoms with Crippen LogP contribution in [0, 0.1) is 20.8 Å². The number of fused-ring (bicyclic) bond motifs is 1. The van der Waals surface area contributed by atoms with Crippen LogP contribution in [0.2, 0.25) is 0 Å². The molecular formula is C23H23N3O2S. The molecule has 2 aromatic carbocycles. The van der Waals surface area contributed by atoms with Gasteiger partial charge in [-0.2, -0.15) is 0 Å². The van der Waals surface area contributed by atoms with Gasteiger partial charge in [-0.15, -0.1) is 0 Å². The molecule has 2 heterocycles. The molecule has 5 nitrogen and oxygen atoms in total. The zero-order chi connectivity index (χ0) is 20.5. The third kappa shape index (κ3) is 3.98. The monoisotopic (exact) mass is 405 g/mol. The van der Waals surface area contributed by atoms with E-state index < -0.39 is 0 Å². The zero-order valence-electron chi connectivity index (χ0n) is 16.7. The van der Waals surface area contributed by atoms with Crippen molar-refractivity contribution in [3.63, 3.8) is 0 Å². The van der Waals surface area contributed by atoms with E-state index in [9.17, 15) is 9.59 Å². The second kappa shape index (κ2) is 7.87. The van der Waals surface area contributed by atoms with Crippen molar-refractivity contribution in [1.29, 1.82) is 0 Å². The predicted octanol–water partition coefficient (Wildman–Crippen LogP) is 4.46. The van der Waals surface area contributed by atoms with Gasteiger partial charge in [0.2, 0.25) is 5.91 Å². The molecule has 0 aliphatic carbocycles. The minimum absolute atomic E-state index is 0.114. The molecule has 1 amide bonds. The molecule has 1 atom stereocenters. The number of hydrogen-bond acceptors (Lipinski definition) is 4. The van der Waals surface area contributed by atoms with E-state index in [1.54, 1.807) is 0 Å². The molecule has 4 rings (SSSR count). The first-order valence-electron chi connectivity index (χ1n) is 9.61. The summed E-state index contributed by atoms with van der Waals surface area (Å²) in [5.74, 6) is 0.674. The first-order chi connectivity index (χ1) is 13.9. The molecule has 2 N–H and O–H groups in total. The van der Waals surface area contributed by atoms with Crippen LogP contribution in [-0.2, 0) is 10.5 Å². The average Bonchev–Trinajstić information content (AvgIpc) is 2.68. The molecule has 6 heteroatoms. The Morgan fingerprint density at radius 2 is 1.86 bits per heavy atom. The molecule has 1 aromatic heterocycles. The molecule has 0 spiro atoms. The summed E-state index contributed by atoms with van der Waals surface area (Å²) in [5.41, 5.74) is 5.92. The Bertz CT molecular complexity index is 1150. The van der Waals surface area contributed by atoms with Gasteiger partial charge in [-0.05, 0) is 43.0 Å². The number of carbonyl (C=O) groups is 1. The molecule has 3 aromatic rings. The molecule has 0 saturated carbocycles. The summed E-state index contributed by atoms with van der Waals surface area (Å²) in [6.45, 7) is 6.09. The van der Waals surface area contributed by atoms with Gasteiger partial charge in [0.05, 0.1) is 5.56 Å². The number of aryl methyl sites for hydroxylation is 3. The summed E-state index contributed by atoms with van der Waals surface area (Å²) < 4.78 is 0. The van der Waals surface area contributed by atoms with Crippen molar-refractivity contribution in [3.8, 4) is 0 Å². The number of aromatic amines is 1. The molecule has 1 aliphatic heterocycles. The summed E-state index contributed by atoms with van der Waals surface area (Å²) in [6, 6.07) is 14.3. The number of thioether (sulfide) groups is 1. The highest BCUT2D eigenvalue weighted by atomic mass is 32.2. The molecular weight excluding hydrogens is 382 g/mol. The van der Waals surface area contributed by atoms with E-state index in [1.165, 1.54) is 22.9 Å². The maximum atomic E-state index is 13.0. The highest BCUT2D eigenvalue weighted by Gasteiger charge is 2.31. The molecule has 0 unspecified atom stereocenters. The minimum Gasteiger partial charge on any atom is -0.310 e. The Balaban J connectivity index is 1.70. The second-order valence-electron chi connectivity index (χ2n) is 7.51. The fourth-order valence-corrected chi connectivity index (χ4v) is 4.67. The summed E-state index contributed by atoms with van der Waals surface area (Å²) in [5, 5.41) is 3.31. The normalized spacial score (nSPS) is 15.7. The number of amides is 1. The maximum absolute atomic E-state index is 13.0. The maximum Gasteiger partial charge on any atom is 0.257 e. The van der Waals surface area contributed by atoms with Gasteiger partial charge in [0, 0.05) is 18.1 Å². The van der Waals surface area contributed by atoms with Gasteiger partial charge in [0.1, 0.15) is 5.82 Å². The van der Waals surface area contributed by atoms with Gasteiger partial charge < -0.3 is 10.3 Å². The van der Waals surface area contributed by atoms with Gasteiger partial charge in [-0.1, -0.05) is 59.8 Å². The van der Waals surface area contributed by atoms with E-state index in [-0.39, 0.29) is 23.8 Å². The van der Waals surface area contributed by atoms with Crippen molar-refractivity contribution in [1.82, 2.24) is 9.97 Å². The zero-order valence-corrected chi connectivity index (χ0v) is 17.5. The predicted molar refractivity (Wildman–Crippen MR) is 117 cm³/mol. The molecule has 0 bridgehead atoms. The third-order valence-corrected chi connectivity index (χ3v) is 6.29. The van der Waals surface area contributed by atoms with Crippen LogP contribution in [0.25, 0.3) is 0 Å². The minimum atomic E-state index is -0.287. The Labute approximate surface area is 174 Å². The Morgan fingerprint density at radius 3 is 2.66 bits per heavy atom. The number of H-pyrrole nitrogens is 1. The third-order valence-electron chi connectivity index (χ3n) is 5.37. The van der Waals surface area contributed by atoms with Crippen molar-refractivity contribution < 1.29 is 4.79 Å². The van der Waals surface area contributed by atoms with E-state index in [0.29, 0.717) is 22.3 Å². The number of carbonyl (C=O) groups excluding carboxylic acids is 1. The van der Waals surface area contributed by atoms with E-state index >= 15 is 0 Å². The van der Waals surface area contributed by atoms with Crippen LogP contribution in [0.4, 0.5) is 5.82 Å². The second-order valence-corrected chi connectivity index (χ2v) is 8.48. The quantitative estimate of drug-likeness (QED) is 0.496. The highest BCUT2D eigenvalue weighted by Crippen LogP contribution is 2.36. The van der Waals surface area contributed by atoms with Crippen molar-refractivity contribution in [2.24, 2.45) is 0 Å². The van der Waals surface area contributed by atoms with Crippen molar-refractivity contribution in [3.05, 3.63) is 86.2 Å². The number of nitrogens with zero attached hydrogens (tertiary/aromatic N) is 1. The van der Waals surface area contributed by atoms with Crippen LogP contribution in [0.1, 0.15) is 45.7 Å². The number of benzene rings is 2. The van der Waals surface area contributed by atoms with Crippen LogP contribution in [0.15, 0.2) is 52.4 Å².